The zero-order chi connectivity index (χ0) is 24.5. The zero-order valence-electron chi connectivity index (χ0n) is 17.8. The van der Waals surface area contributed by atoms with Crippen LogP contribution in [0.1, 0.15) is 22.3 Å². The lowest BCUT2D eigenvalue weighted by molar-refractivity contribution is -0.116. The number of allylic oxidation sites excluding steroid dienone is 3. The largest absolute Gasteiger partial charge is 0.495 e. The van der Waals surface area contributed by atoms with E-state index >= 15 is 0 Å². The molecule has 0 unspecified atom stereocenters. The van der Waals surface area contributed by atoms with E-state index in [1.165, 1.54) is 13.2 Å². The van der Waals surface area contributed by atoms with Crippen molar-refractivity contribution >= 4 is 43.3 Å². The van der Waals surface area contributed by atoms with Crippen LogP contribution in [0, 0.1) is 0 Å². The predicted octanol–water partition coefficient (Wildman–Crippen LogP) is 1.47. The van der Waals surface area contributed by atoms with Gasteiger partial charge < -0.3 is 14.6 Å². The summed E-state index contributed by atoms with van der Waals surface area (Å²) in [7, 11) is -7.10. The Morgan fingerprint density at radius 3 is 2.79 bits per heavy atom. The van der Waals surface area contributed by atoms with Gasteiger partial charge in [-0.15, -0.1) is 0 Å². The lowest BCUT2D eigenvalue weighted by Gasteiger charge is -2.16. The average molecular weight is 506 g/mol. The number of sulfonamides is 1. The molecule has 2 aromatic rings. The van der Waals surface area contributed by atoms with Crippen LogP contribution >= 0.6 is 0 Å². The molecule has 0 saturated heterocycles. The van der Waals surface area contributed by atoms with E-state index in [0.29, 0.717) is 6.54 Å². The third-order valence-electron chi connectivity index (χ3n) is 5.09. The Bertz CT molecular complexity index is 1470. The van der Waals surface area contributed by atoms with Gasteiger partial charge in [0.2, 0.25) is 5.91 Å². The summed E-state index contributed by atoms with van der Waals surface area (Å²) in [4.78, 5) is 24.4. The Labute approximate surface area is 195 Å². The molecule has 11 nitrogen and oxygen atoms in total. The van der Waals surface area contributed by atoms with Crippen LogP contribution in [0.15, 0.2) is 62.7 Å². The second-order valence-corrected chi connectivity index (χ2v) is 10.9. The summed E-state index contributed by atoms with van der Waals surface area (Å²) in [5, 5.41) is 5.53. The molecule has 13 heteroatoms. The summed E-state index contributed by atoms with van der Waals surface area (Å²) < 4.78 is 62.6. The highest BCUT2D eigenvalue weighted by Crippen LogP contribution is 2.41. The lowest BCUT2D eigenvalue weighted by Crippen LogP contribution is -2.23. The first-order chi connectivity index (χ1) is 16.1. The van der Waals surface area contributed by atoms with Gasteiger partial charge >= 0.3 is 0 Å². The monoisotopic (exact) mass is 505 g/mol. The van der Waals surface area contributed by atoms with Crippen LogP contribution in [0.2, 0.25) is 0 Å². The minimum absolute atomic E-state index is 0.00770. The van der Waals surface area contributed by atoms with Crippen molar-refractivity contribution in [1.82, 2.24) is 10.5 Å². The first-order valence-electron chi connectivity index (χ1n) is 9.87. The molecule has 4 rings (SSSR count). The van der Waals surface area contributed by atoms with Gasteiger partial charge in [0.15, 0.2) is 15.6 Å². The van der Waals surface area contributed by atoms with Crippen molar-refractivity contribution in [3.63, 3.8) is 0 Å². The van der Waals surface area contributed by atoms with Crippen molar-refractivity contribution in [2.24, 2.45) is 0 Å². The molecule has 1 aromatic heterocycles. The van der Waals surface area contributed by atoms with E-state index in [9.17, 15) is 26.4 Å². The van der Waals surface area contributed by atoms with Gasteiger partial charge in [-0.3, -0.25) is 14.3 Å². The highest BCUT2D eigenvalue weighted by Gasteiger charge is 2.39. The van der Waals surface area contributed by atoms with Gasteiger partial charge in [0, 0.05) is 24.3 Å². The van der Waals surface area contributed by atoms with Gasteiger partial charge in [-0.05, 0) is 24.1 Å². The number of carbonyl (C=O) groups is 2. The first-order valence-corrected chi connectivity index (χ1v) is 13.0. The number of fused-ring (bicyclic) bond motifs is 1. The first kappa shape index (κ1) is 23.4. The maximum atomic E-state index is 12.7. The third kappa shape index (κ3) is 4.52. The van der Waals surface area contributed by atoms with Crippen LogP contribution in [0.3, 0.4) is 0 Å². The summed E-state index contributed by atoms with van der Waals surface area (Å²) in [6, 6.07) is 2.13. The highest BCUT2D eigenvalue weighted by atomic mass is 32.2. The average Bonchev–Trinajstić information content (AvgIpc) is 3.52. The molecule has 0 saturated carbocycles. The second-order valence-electron chi connectivity index (χ2n) is 7.37. The number of carbonyl (C=O) groups excluding carboxylic acids is 2. The summed E-state index contributed by atoms with van der Waals surface area (Å²) in [5.41, 5.74) is 0.573. The lowest BCUT2D eigenvalue weighted by atomic mass is 10.0. The van der Waals surface area contributed by atoms with Crippen molar-refractivity contribution in [1.29, 1.82) is 0 Å². The van der Waals surface area contributed by atoms with E-state index in [4.69, 9.17) is 9.26 Å². The van der Waals surface area contributed by atoms with Crippen LogP contribution in [-0.2, 0) is 24.7 Å². The standard InChI is InChI=1S/C21H19N3O8S2/c1-31-21-14(6-7-18(26)22-11-13-4-2-3-5-13)15(24-34(29,30)19-8-9-23-32-19)10-17-20(21)16(25)12-33(17,27)28/h2-4,6-10,24H,5,11-12H2,1H3,(H,22,26)/b7-6+. The molecule has 1 aliphatic heterocycles. The van der Waals surface area contributed by atoms with Crippen molar-refractivity contribution < 1.29 is 35.7 Å². The zero-order valence-corrected chi connectivity index (χ0v) is 19.4. The quantitative estimate of drug-likeness (QED) is 0.506. The number of amides is 1. The number of ether oxygens (including phenoxy) is 1. The number of nitrogens with one attached hydrogen (secondary N) is 2. The second kappa shape index (κ2) is 8.91. The maximum Gasteiger partial charge on any atom is 0.298 e. The molecule has 178 valence electrons. The van der Waals surface area contributed by atoms with E-state index in [1.807, 2.05) is 18.2 Å². The molecule has 34 heavy (non-hydrogen) atoms. The molecule has 2 aliphatic rings. The minimum Gasteiger partial charge on any atom is -0.495 e. The number of rotatable bonds is 8. The summed E-state index contributed by atoms with van der Waals surface area (Å²) in [6.07, 6.45) is 9.94. The molecule has 1 aliphatic carbocycles. The maximum absolute atomic E-state index is 12.7. The number of hydrogen-bond donors (Lipinski definition) is 2. The molecule has 1 amide bonds. The number of benzene rings is 1. The number of nitrogens with zero attached hydrogens (tertiary/aromatic N) is 1. The minimum atomic E-state index is -4.31. The number of hydrogen-bond acceptors (Lipinski definition) is 9. The fourth-order valence-electron chi connectivity index (χ4n) is 3.52. The molecule has 2 heterocycles. The molecule has 0 bridgehead atoms. The summed E-state index contributed by atoms with van der Waals surface area (Å²) in [5.74, 6) is -2.13. The normalized spacial score (nSPS) is 16.5. The van der Waals surface area contributed by atoms with Crippen LogP contribution in [0.5, 0.6) is 5.75 Å². The van der Waals surface area contributed by atoms with Crippen molar-refractivity contribution in [3.8, 4) is 5.75 Å². The SMILES string of the molecule is COc1c(/C=C/C(=O)NCC2=CC=CC2)c(NS(=O)(=O)c2ccno2)cc2c1C(=O)CS2(=O)=O. The number of sulfone groups is 1. The number of methoxy groups -OCH3 is 1. The van der Waals surface area contributed by atoms with Crippen molar-refractivity contribution in [3.05, 3.63) is 59.3 Å². The Balaban J connectivity index is 1.76. The molecule has 0 radical (unpaired) electrons. The summed E-state index contributed by atoms with van der Waals surface area (Å²) in [6.45, 7) is 0.319. The summed E-state index contributed by atoms with van der Waals surface area (Å²) >= 11 is 0. The van der Waals surface area contributed by atoms with Crippen molar-refractivity contribution in [2.75, 3.05) is 24.1 Å². The predicted molar refractivity (Wildman–Crippen MR) is 121 cm³/mol. The number of Topliss-reactive ketones (excluding diaryl/α,β-unsaturated/α-hetero) is 1. The fourth-order valence-corrected chi connectivity index (χ4v) is 5.92. The Morgan fingerprint density at radius 2 is 2.15 bits per heavy atom. The highest BCUT2D eigenvalue weighted by molar-refractivity contribution is 7.93. The topological polar surface area (TPSA) is 162 Å². The van der Waals surface area contributed by atoms with Gasteiger partial charge in [0.1, 0.15) is 11.5 Å². The fraction of sp³-hybridized carbons (Fsp3) is 0.190. The smallest absolute Gasteiger partial charge is 0.298 e. The molecule has 2 N–H and O–H groups in total. The van der Waals surface area contributed by atoms with Crippen LogP contribution in [-0.4, -0.2) is 53.1 Å². The molecule has 0 fully saturated rings. The van der Waals surface area contributed by atoms with Crippen LogP contribution < -0.4 is 14.8 Å². The van der Waals surface area contributed by atoms with Crippen LogP contribution in [0.4, 0.5) is 5.69 Å². The Kier molecular flexibility index (Phi) is 6.15. The van der Waals surface area contributed by atoms with E-state index < -0.39 is 42.4 Å². The number of aromatic nitrogens is 1. The molecule has 0 spiro atoms. The molecule has 1 aromatic carbocycles. The molecule has 0 atom stereocenters. The van der Waals surface area contributed by atoms with E-state index in [1.54, 1.807) is 0 Å². The van der Waals surface area contributed by atoms with E-state index in [0.717, 1.165) is 36.4 Å². The number of ketones is 1. The third-order valence-corrected chi connectivity index (χ3v) is 7.95. The molecular weight excluding hydrogens is 486 g/mol. The van der Waals surface area contributed by atoms with Gasteiger partial charge in [-0.1, -0.05) is 23.4 Å². The van der Waals surface area contributed by atoms with E-state index in [2.05, 4.69) is 15.2 Å². The van der Waals surface area contributed by atoms with Gasteiger partial charge in [0.05, 0.1) is 29.5 Å². The van der Waals surface area contributed by atoms with Gasteiger partial charge in [-0.25, -0.2) is 8.42 Å². The van der Waals surface area contributed by atoms with Crippen molar-refractivity contribution in [2.45, 2.75) is 16.4 Å². The van der Waals surface area contributed by atoms with E-state index in [-0.39, 0.29) is 27.5 Å². The van der Waals surface area contributed by atoms with Gasteiger partial charge in [0.25, 0.3) is 15.1 Å². The van der Waals surface area contributed by atoms with Gasteiger partial charge in [-0.2, -0.15) is 8.42 Å². The Hall–Kier alpha value is -3.71. The Morgan fingerprint density at radius 1 is 1.35 bits per heavy atom. The van der Waals surface area contributed by atoms with Crippen LogP contribution in [0.25, 0.3) is 6.08 Å². The molecular formula is C21H19N3O8S2. The number of anilines is 1.